The molecule has 0 aliphatic rings. The number of rotatable bonds is 6. The molecule has 2 unspecified atom stereocenters. The van der Waals surface area contributed by atoms with Crippen LogP contribution in [0.2, 0.25) is 0 Å². The van der Waals surface area contributed by atoms with E-state index in [4.69, 9.17) is 0 Å². The van der Waals surface area contributed by atoms with E-state index in [0.717, 1.165) is 6.92 Å². The Morgan fingerprint density at radius 3 is 2.00 bits per heavy atom. The van der Waals surface area contributed by atoms with Crippen LogP contribution in [0.3, 0.4) is 0 Å². The van der Waals surface area contributed by atoms with Crippen LogP contribution >= 0.6 is 7.82 Å². The average Bonchev–Trinajstić information content (AvgIpc) is 2.20. The van der Waals surface area contributed by atoms with Crippen LogP contribution in [0.25, 0.3) is 0 Å². The van der Waals surface area contributed by atoms with E-state index in [1.807, 2.05) is 0 Å². The van der Waals surface area contributed by atoms with Crippen molar-refractivity contribution < 1.29 is 49.3 Å². The Hall–Kier alpha value is -0.800. The summed E-state index contributed by atoms with van der Waals surface area (Å²) >= 11 is 0. The van der Waals surface area contributed by atoms with Crippen molar-refractivity contribution in [2.75, 3.05) is 6.61 Å². The molecule has 0 aliphatic heterocycles. The summed E-state index contributed by atoms with van der Waals surface area (Å²) in [5.74, 6) is -1.41. The predicted molar refractivity (Wildman–Crippen MR) is 52.6 cm³/mol. The zero-order valence-electron chi connectivity index (χ0n) is 10.2. The van der Waals surface area contributed by atoms with Crippen molar-refractivity contribution in [3.63, 3.8) is 0 Å². The van der Waals surface area contributed by atoms with Gasteiger partial charge >= 0.3 is 26.1 Å². The van der Waals surface area contributed by atoms with Crippen LogP contribution in [0.15, 0.2) is 0 Å². The zero-order chi connectivity index (χ0) is 16.2. The molecule has 120 valence electrons. The molecule has 0 bridgehead atoms. The van der Waals surface area contributed by atoms with E-state index >= 15 is 0 Å². The first kappa shape index (κ1) is 19.2. The van der Waals surface area contributed by atoms with Crippen LogP contribution < -0.4 is 0 Å². The molecule has 0 radical (unpaired) electrons. The third-order valence-electron chi connectivity index (χ3n) is 1.62. The lowest BCUT2D eigenvalue weighted by Gasteiger charge is -2.24. The summed E-state index contributed by atoms with van der Waals surface area (Å²) in [7, 11) is -5.33. The number of hydrogen-bond donors (Lipinski definition) is 0. The van der Waals surface area contributed by atoms with E-state index in [2.05, 4.69) is 13.6 Å². The molecule has 0 rings (SSSR count). The number of carbonyl (C=O) groups excluding carboxylic acids is 1. The van der Waals surface area contributed by atoms with Gasteiger partial charge in [-0.25, -0.2) is 4.57 Å². The second-order valence-electron chi connectivity index (χ2n) is 3.46. The minimum Gasteiger partial charge on any atom is -0.371 e. The van der Waals surface area contributed by atoms with Gasteiger partial charge in [-0.3, -0.25) is 13.8 Å². The van der Waals surface area contributed by atoms with Crippen molar-refractivity contribution in [1.29, 1.82) is 0 Å². The minimum atomic E-state index is -5.33. The molecule has 0 fully saturated rings. The third kappa shape index (κ3) is 7.71. The second kappa shape index (κ2) is 6.77. The smallest absolute Gasteiger partial charge is 0.371 e. The maximum atomic E-state index is 12.4. The van der Waals surface area contributed by atoms with Crippen molar-refractivity contribution in [2.24, 2.45) is 0 Å². The molecule has 2 atom stereocenters. The molecule has 0 aromatic carbocycles. The molecule has 0 saturated heterocycles. The summed E-state index contributed by atoms with van der Waals surface area (Å²) in [5, 5.41) is 0. The molecule has 5 nitrogen and oxygen atoms in total. The highest BCUT2D eigenvalue weighted by Crippen LogP contribution is 2.53. The van der Waals surface area contributed by atoms with Crippen LogP contribution in [0.4, 0.5) is 26.3 Å². The Morgan fingerprint density at radius 1 is 1.20 bits per heavy atom. The number of carbonyl (C=O) groups is 1. The lowest BCUT2D eigenvalue weighted by molar-refractivity contribution is -0.204. The van der Waals surface area contributed by atoms with Crippen LogP contribution in [-0.4, -0.2) is 31.0 Å². The van der Waals surface area contributed by atoms with E-state index in [9.17, 15) is 35.7 Å². The lowest BCUT2D eigenvalue weighted by Crippen LogP contribution is -2.31. The Balaban J connectivity index is 5.04. The second-order valence-corrected chi connectivity index (χ2v) is 5.01. The highest BCUT2D eigenvalue weighted by molar-refractivity contribution is 7.49. The standard InChI is InChI=1S/C8H11F6O5P/c1-3-6(8(12,13)14)19-20(16,18-5(2)15)17-4-7(9,10)11/h6H,3-4H2,1-2H3. The Bertz CT molecular complexity index is 379. The Kier molecular flexibility index (Phi) is 6.50. The minimum absolute atomic E-state index is 0.626. The summed E-state index contributed by atoms with van der Waals surface area (Å²) in [6.45, 7) is -0.576. The molecule has 0 saturated carbocycles. The normalized spacial score (nSPS) is 17.4. The SMILES string of the molecule is CCC(OP(=O)(OCC(F)(F)F)OC(C)=O)C(F)(F)F. The van der Waals surface area contributed by atoms with E-state index in [1.165, 1.54) is 0 Å². The molecule has 0 aromatic rings. The lowest BCUT2D eigenvalue weighted by atomic mass is 10.3. The van der Waals surface area contributed by atoms with Gasteiger partial charge in [0.15, 0.2) is 12.7 Å². The monoisotopic (exact) mass is 332 g/mol. The molecular weight excluding hydrogens is 321 g/mol. The fraction of sp³-hybridized carbons (Fsp3) is 0.875. The van der Waals surface area contributed by atoms with Gasteiger partial charge in [-0.15, -0.1) is 0 Å². The predicted octanol–water partition coefficient (Wildman–Crippen LogP) is 3.59. The number of phosphoric ester groups is 1. The van der Waals surface area contributed by atoms with Crippen molar-refractivity contribution >= 4 is 13.8 Å². The van der Waals surface area contributed by atoms with Crippen LogP contribution in [0, 0.1) is 0 Å². The summed E-state index contributed by atoms with van der Waals surface area (Å²) < 4.78 is 96.0. The van der Waals surface area contributed by atoms with Gasteiger partial charge in [0.25, 0.3) is 0 Å². The maximum absolute atomic E-state index is 12.4. The van der Waals surface area contributed by atoms with E-state index in [1.54, 1.807) is 0 Å². The molecule has 0 amide bonds. The van der Waals surface area contributed by atoms with Gasteiger partial charge in [-0.1, -0.05) is 6.92 Å². The summed E-state index contributed by atoms with van der Waals surface area (Å²) in [4.78, 5) is 10.6. The van der Waals surface area contributed by atoms with Crippen molar-refractivity contribution in [1.82, 2.24) is 0 Å². The molecule has 0 spiro atoms. The molecule has 0 N–H and O–H groups in total. The molecule has 0 aromatic heterocycles. The Morgan fingerprint density at radius 2 is 1.70 bits per heavy atom. The van der Waals surface area contributed by atoms with Gasteiger partial charge in [-0.05, 0) is 6.42 Å². The van der Waals surface area contributed by atoms with Crippen molar-refractivity contribution in [3.8, 4) is 0 Å². The fourth-order valence-corrected chi connectivity index (χ4v) is 2.27. The number of alkyl halides is 6. The first-order valence-corrected chi connectivity index (χ1v) is 6.51. The van der Waals surface area contributed by atoms with Gasteiger partial charge < -0.3 is 4.52 Å². The van der Waals surface area contributed by atoms with Gasteiger partial charge in [-0.2, -0.15) is 26.3 Å². The van der Waals surface area contributed by atoms with Crippen LogP contribution in [-0.2, 0) is 22.9 Å². The van der Waals surface area contributed by atoms with Crippen molar-refractivity contribution in [3.05, 3.63) is 0 Å². The zero-order valence-corrected chi connectivity index (χ0v) is 11.1. The number of halogens is 6. The average molecular weight is 332 g/mol. The number of phosphoric acid groups is 1. The topological polar surface area (TPSA) is 61.8 Å². The third-order valence-corrected chi connectivity index (χ3v) is 3.06. The molecule has 20 heavy (non-hydrogen) atoms. The molecule has 0 heterocycles. The fourth-order valence-electron chi connectivity index (χ4n) is 0.910. The Labute approximate surface area is 109 Å². The highest BCUT2D eigenvalue weighted by Gasteiger charge is 2.47. The maximum Gasteiger partial charge on any atom is 0.533 e. The van der Waals surface area contributed by atoms with Crippen LogP contribution in [0.1, 0.15) is 20.3 Å². The molecule has 0 aliphatic carbocycles. The molecular formula is C8H11F6O5P. The highest BCUT2D eigenvalue weighted by atomic mass is 31.2. The first-order chi connectivity index (χ1) is 8.79. The first-order valence-electron chi connectivity index (χ1n) is 5.05. The van der Waals surface area contributed by atoms with E-state index in [-0.39, 0.29) is 0 Å². The van der Waals surface area contributed by atoms with Gasteiger partial charge in [0.05, 0.1) is 0 Å². The van der Waals surface area contributed by atoms with Gasteiger partial charge in [0.2, 0.25) is 0 Å². The summed E-state index contributed by atoms with van der Waals surface area (Å²) in [6.07, 6.45) is -13.4. The van der Waals surface area contributed by atoms with E-state index < -0.39 is 45.3 Å². The van der Waals surface area contributed by atoms with Crippen LogP contribution in [0.5, 0.6) is 0 Å². The quantitative estimate of drug-likeness (QED) is 0.549. The molecule has 12 heteroatoms. The van der Waals surface area contributed by atoms with Gasteiger partial charge in [0.1, 0.15) is 0 Å². The van der Waals surface area contributed by atoms with Gasteiger partial charge in [0, 0.05) is 6.92 Å². The number of hydrogen-bond acceptors (Lipinski definition) is 5. The summed E-state index contributed by atoms with van der Waals surface area (Å²) in [5.41, 5.74) is 0. The summed E-state index contributed by atoms with van der Waals surface area (Å²) in [6, 6.07) is 0. The van der Waals surface area contributed by atoms with E-state index in [0.29, 0.717) is 6.92 Å². The largest absolute Gasteiger partial charge is 0.533 e. The van der Waals surface area contributed by atoms with Crippen molar-refractivity contribution in [2.45, 2.75) is 38.7 Å².